The lowest BCUT2D eigenvalue weighted by Gasteiger charge is -2.22. The van der Waals surface area contributed by atoms with Crippen molar-refractivity contribution in [3.63, 3.8) is 0 Å². The summed E-state index contributed by atoms with van der Waals surface area (Å²) in [6.45, 7) is 8.99. The fourth-order valence-corrected chi connectivity index (χ4v) is 3.99. The summed E-state index contributed by atoms with van der Waals surface area (Å²) in [5.41, 5.74) is 3.03. The number of amides is 1. The summed E-state index contributed by atoms with van der Waals surface area (Å²) in [5, 5.41) is 0.738. The van der Waals surface area contributed by atoms with Crippen molar-refractivity contribution in [2.45, 2.75) is 46.6 Å². The summed E-state index contributed by atoms with van der Waals surface area (Å²) in [6, 6.07) is 16.0. The summed E-state index contributed by atoms with van der Waals surface area (Å²) < 4.78 is 5.64. The molecule has 1 aliphatic heterocycles. The number of amidine groups is 1. The van der Waals surface area contributed by atoms with E-state index in [0.717, 1.165) is 35.0 Å². The normalized spacial score (nSPS) is 17.9. The Labute approximate surface area is 177 Å². The van der Waals surface area contributed by atoms with Gasteiger partial charge in [0.15, 0.2) is 5.17 Å². The van der Waals surface area contributed by atoms with Gasteiger partial charge in [-0.2, -0.15) is 0 Å². The summed E-state index contributed by atoms with van der Waals surface area (Å²) in [5.74, 6) is 0.865. The predicted molar refractivity (Wildman–Crippen MR) is 123 cm³/mol. The van der Waals surface area contributed by atoms with Crippen LogP contribution in [0.1, 0.15) is 44.7 Å². The number of ether oxygens (including phenoxy) is 1. The average molecular weight is 409 g/mol. The number of thioether (sulfide) groups is 1. The number of carbonyl (C=O) groups is 1. The Balaban J connectivity index is 1.87. The van der Waals surface area contributed by atoms with Gasteiger partial charge in [-0.25, -0.2) is 4.99 Å². The van der Waals surface area contributed by atoms with Crippen LogP contribution in [0.3, 0.4) is 0 Å². The van der Waals surface area contributed by atoms with Crippen molar-refractivity contribution in [2.24, 2.45) is 4.99 Å². The molecule has 0 radical (unpaired) electrons. The second kappa shape index (κ2) is 9.79. The third-order valence-electron chi connectivity index (χ3n) is 4.78. The number of aryl methyl sites for hydroxylation is 1. The highest BCUT2D eigenvalue weighted by atomic mass is 32.2. The molecule has 1 amide bonds. The van der Waals surface area contributed by atoms with Crippen molar-refractivity contribution >= 4 is 34.6 Å². The molecule has 2 aromatic rings. The molecule has 1 atom stereocenters. The van der Waals surface area contributed by atoms with Crippen molar-refractivity contribution < 1.29 is 9.53 Å². The van der Waals surface area contributed by atoms with Crippen LogP contribution in [0, 0.1) is 6.92 Å². The third kappa shape index (κ3) is 5.30. The van der Waals surface area contributed by atoms with E-state index in [-0.39, 0.29) is 11.9 Å². The van der Waals surface area contributed by atoms with E-state index in [4.69, 9.17) is 9.73 Å². The van der Waals surface area contributed by atoms with Gasteiger partial charge in [0.25, 0.3) is 5.91 Å². The minimum Gasteiger partial charge on any atom is -0.494 e. The fraction of sp³-hybridized carbons (Fsp3) is 0.333. The molecule has 1 fully saturated rings. The molecule has 1 aliphatic rings. The van der Waals surface area contributed by atoms with Crippen molar-refractivity contribution in [3.05, 3.63) is 64.6 Å². The van der Waals surface area contributed by atoms with Crippen LogP contribution in [0.25, 0.3) is 6.08 Å². The van der Waals surface area contributed by atoms with Gasteiger partial charge in [-0.15, -0.1) is 0 Å². The van der Waals surface area contributed by atoms with E-state index in [1.54, 1.807) is 0 Å². The molecule has 4 nitrogen and oxygen atoms in total. The van der Waals surface area contributed by atoms with Gasteiger partial charge in [0.2, 0.25) is 0 Å². The zero-order chi connectivity index (χ0) is 20.8. The summed E-state index contributed by atoms with van der Waals surface area (Å²) >= 11 is 1.44. The maximum absolute atomic E-state index is 13.1. The number of rotatable bonds is 7. The first kappa shape index (κ1) is 21.2. The quantitative estimate of drug-likeness (QED) is 0.513. The van der Waals surface area contributed by atoms with Gasteiger partial charge in [0, 0.05) is 6.04 Å². The lowest BCUT2D eigenvalue weighted by Crippen LogP contribution is -2.36. The molecular formula is C24H28N2O2S. The summed E-state index contributed by atoms with van der Waals surface area (Å²) in [6.07, 6.45) is 3.78. The molecular weight excluding hydrogens is 380 g/mol. The third-order valence-corrected chi connectivity index (χ3v) is 5.76. The van der Waals surface area contributed by atoms with Crippen molar-refractivity contribution in [2.75, 3.05) is 6.61 Å². The van der Waals surface area contributed by atoms with Crippen LogP contribution in [0.15, 0.2) is 58.4 Å². The molecule has 1 saturated heterocycles. The van der Waals surface area contributed by atoms with Crippen molar-refractivity contribution in [3.8, 4) is 5.75 Å². The fourth-order valence-electron chi connectivity index (χ4n) is 2.90. The highest BCUT2D eigenvalue weighted by molar-refractivity contribution is 8.18. The van der Waals surface area contributed by atoms with Crippen LogP contribution in [0.5, 0.6) is 5.75 Å². The largest absolute Gasteiger partial charge is 0.494 e. The first-order chi connectivity index (χ1) is 14.0. The van der Waals surface area contributed by atoms with Crippen molar-refractivity contribution in [1.82, 2.24) is 4.90 Å². The van der Waals surface area contributed by atoms with Gasteiger partial charge in [0.05, 0.1) is 17.2 Å². The minimum atomic E-state index is 0.0153. The second-order valence-electron chi connectivity index (χ2n) is 7.19. The Hall–Kier alpha value is -2.53. The standard InChI is InChI=1S/C24H28N2O2S/c1-5-15-28-21-13-9-19(10-14-21)16-22-23(27)26(18(4)6-2)24(29-22)25-20-11-7-17(3)8-12-20/h7-14,16,18H,5-6,15H2,1-4H3/b22-16+,25-24?/t18-/m0/s1. The van der Waals surface area contributed by atoms with Gasteiger partial charge in [-0.3, -0.25) is 9.69 Å². The number of benzene rings is 2. The minimum absolute atomic E-state index is 0.0153. The zero-order valence-corrected chi connectivity index (χ0v) is 18.3. The van der Waals surface area contributed by atoms with Crippen LogP contribution in [-0.4, -0.2) is 28.6 Å². The highest BCUT2D eigenvalue weighted by Gasteiger charge is 2.36. The Morgan fingerprint density at radius 1 is 1.10 bits per heavy atom. The van der Waals surface area contributed by atoms with Gasteiger partial charge < -0.3 is 4.74 Å². The van der Waals surface area contributed by atoms with Crippen molar-refractivity contribution in [1.29, 1.82) is 0 Å². The van der Waals surface area contributed by atoms with Crippen LogP contribution >= 0.6 is 11.8 Å². The molecule has 29 heavy (non-hydrogen) atoms. The van der Waals surface area contributed by atoms with E-state index in [1.807, 2.05) is 59.5 Å². The molecule has 0 aliphatic carbocycles. The number of hydrogen-bond donors (Lipinski definition) is 0. The van der Waals surface area contributed by atoms with E-state index in [0.29, 0.717) is 11.5 Å². The number of carbonyl (C=O) groups excluding carboxylic acids is 1. The molecule has 0 spiro atoms. The molecule has 5 heteroatoms. The zero-order valence-electron chi connectivity index (χ0n) is 17.5. The summed E-state index contributed by atoms with van der Waals surface area (Å²) in [4.78, 5) is 20.4. The molecule has 0 unspecified atom stereocenters. The van der Waals surface area contributed by atoms with E-state index < -0.39 is 0 Å². The maximum Gasteiger partial charge on any atom is 0.266 e. The van der Waals surface area contributed by atoms with Crippen LogP contribution in [0.4, 0.5) is 5.69 Å². The Bertz CT molecular complexity index is 901. The highest BCUT2D eigenvalue weighted by Crippen LogP contribution is 2.36. The van der Waals surface area contributed by atoms with E-state index >= 15 is 0 Å². The smallest absolute Gasteiger partial charge is 0.266 e. The monoisotopic (exact) mass is 408 g/mol. The molecule has 0 bridgehead atoms. The SMILES string of the molecule is CCCOc1ccc(/C=C2/SC(=Nc3ccc(C)cc3)N([C@@H](C)CC)C2=O)cc1. The molecule has 2 aromatic carbocycles. The molecule has 0 saturated carbocycles. The number of nitrogens with zero attached hydrogens (tertiary/aromatic N) is 2. The van der Waals surface area contributed by atoms with E-state index in [1.165, 1.54) is 17.3 Å². The van der Waals surface area contributed by atoms with Gasteiger partial charge in [-0.05, 0) is 74.4 Å². The van der Waals surface area contributed by atoms with Crippen LogP contribution in [-0.2, 0) is 4.79 Å². The maximum atomic E-state index is 13.1. The van der Waals surface area contributed by atoms with E-state index in [2.05, 4.69) is 27.7 Å². The first-order valence-electron chi connectivity index (χ1n) is 10.1. The molecule has 3 rings (SSSR count). The molecule has 1 heterocycles. The Morgan fingerprint density at radius 3 is 2.41 bits per heavy atom. The Kier molecular flexibility index (Phi) is 7.15. The van der Waals surface area contributed by atoms with E-state index in [9.17, 15) is 4.79 Å². The molecule has 152 valence electrons. The topological polar surface area (TPSA) is 41.9 Å². The Morgan fingerprint density at radius 2 is 1.79 bits per heavy atom. The van der Waals surface area contributed by atoms with Gasteiger partial charge in [0.1, 0.15) is 5.75 Å². The first-order valence-corrected chi connectivity index (χ1v) is 10.9. The predicted octanol–water partition coefficient (Wildman–Crippen LogP) is 6.19. The number of hydrogen-bond acceptors (Lipinski definition) is 4. The molecule has 0 aromatic heterocycles. The number of aliphatic imine (C=N–C) groups is 1. The molecule has 0 N–H and O–H groups in total. The van der Waals surface area contributed by atoms with Crippen LogP contribution < -0.4 is 4.74 Å². The second-order valence-corrected chi connectivity index (χ2v) is 8.20. The lowest BCUT2D eigenvalue weighted by atomic mass is 10.2. The van der Waals surface area contributed by atoms with Gasteiger partial charge in [-0.1, -0.05) is 43.7 Å². The summed E-state index contributed by atoms with van der Waals surface area (Å²) in [7, 11) is 0. The average Bonchev–Trinajstić information content (AvgIpc) is 3.03. The van der Waals surface area contributed by atoms with Crippen LogP contribution in [0.2, 0.25) is 0 Å². The lowest BCUT2D eigenvalue weighted by molar-refractivity contribution is -0.123. The van der Waals surface area contributed by atoms with Gasteiger partial charge >= 0.3 is 0 Å².